The van der Waals surface area contributed by atoms with Gasteiger partial charge < -0.3 is 0 Å². The number of nitrogens with one attached hydrogen (secondary N) is 1. The van der Waals surface area contributed by atoms with E-state index in [0.29, 0.717) is 15.8 Å². The molecule has 9 heteroatoms. The predicted molar refractivity (Wildman–Crippen MR) is 126 cm³/mol. The monoisotopic (exact) mass is 464 g/mol. The van der Waals surface area contributed by atoms with E-state index in [4.69, 9.17) is 0 Å². The molecule has 0 fully saturated rings. The van der Waals surface area contributed by atoms with Gasteiger partial charge in [-0.3, -0.25) is 14.4 Å². The maximum atomic E-state index is 13.3. The average Bonchev–Trinajstić information content (AvgIpc) is 3.27. The molecule has 0 unspecified atom stereocenters. The first-order valence-electron chi connectivity index (χ1n) is 9.77. The molecule has 1 heterocycles. The van der Waals surface area contributed by atoms with E-state index < -0.39 is 22.5 Å². The van der Waals surface area contributed by atoms with Crippen molar-refractivity contribution in [3.05, 3.63) is 90.5 Å². The number of para-hydroxylation sites is 1. The van der Waals surface area contributed by atoms with Gasteiger partial charge in [0.05, 0.1) is 10.6 Å². The van der Waals surface area contributed by atoms with Crippen molar-refractivity contribution in [1.82, 2.24) is 10.2 Å². The quantitative estimate of drug-likeness (QED) is 0.439. The summed E-state index contributed by atoms with van der Waals surface area (Å²) < 4.78 is 27.8. The van der Waals surface area contributed by atoms with Crippen molar-refractivity contribution < 1.29 is 13.2 Å². The topological polar surface area (TPSA) is 92.3 Å². The summed E-state index contributed by atoms with van der Waals surface area (Å²) in [5, 5.41) is 11.7. The highest BCUT2D eigenvalue weighted by molar-refractivity contribution is 7.92. The molecule has 0 saturated carbocycles. The van der Waals surface area contributed by atoms with Gasteiger partial charge in [0, 0.05) is 5.56 Å². The van der Waals surface area contributed by atoms with Crippen molar-refractivity contribution in [2.45, 2.75) is 11.8 Å². The zero-order valence-corrected chi connectivity index (χ0v) is 18.8. The standard InChI is InChI=1S/C23H20N4O3S2/c1-17-12-14-20(15-13-17)32(29,30)27(19-10-6-3-7-11-19)16-21(28)24-23-26-25-22(31-23)18-8-4-2-5-9-18/h2-15H,16H2,1H3,(H,24,26,28). The number of hydrogen-bond acceptors (Lipinski definition) is 6. The summed E-state index contributed by atoms with van der Waals surface area (Å²) in [4.78, 5) is 12.9. The number of rotatable bonds is 7. The SMILES string of the molecule is Cc1ccc(S(=O)(=O)N(CC(=O)Nc2nnc(-c3ccccc3)s2)c2ccccc2)cc1. The fourth-order valence-corrected chi connectivity index (χ4v) is 5.19. The molecule has 0 radical (unpaired) electrons. The van der Waals surface area contributed by atoms with Crippen molar-refractivity contribution in [2.75, 3.05) is 16.2 Å². The van der Waals surface area contributed by atoms with Crippen LogP contribution in [0.5, 0.6) is 0 Å². The molecule has 1 aromatic heterocycles. The predicted octanol–water partition coefficient (Wildman–Crippen LogP) is 4.35. The van der Waals surface area contributed by atoms with E-state index in [2.05, 4.69) is 15.5 Å². The number of carbonyl (C=O) groups excluding carboxylic acids is 1. The van der Waals surface area contributed by atoms with Crippen LogP contribution < -0.4 is 9.62 Å². The van der Waals surface area contributed by atoms with Gasteiger partial charge in [0.1, 0.15) is 11.6 Å². The highest BCUT2D eigenvalue weighted by atomic mass is 32.2. The third kappa shape index (κ3) is 4.84. The van der Waals surface area contributed by atoms with Gasteiger partial charge >= 0.3 is 0 Å². The van der Waals surface area contributed by atoms with E-state index >= 15 is 0 Å². The first kappa shape index (κ1) is 21.7. The molecule has 0 saturated heterocycles. The number of hydrogen-bond donors (Lipinski definition) is 1. The van der Waals surface area contributed by atoms with Crippen LogP contribution in [0, 0.1) is 6.92 Å². The number of benzene rings is 3. The van der Waals surface area contributed by atoms with Crippen LogP contribution in [0.25, 0.3) is 10.6 Å². The molecule has 0 aliphatic heterocycles. The zero-order valence-electron chi connectivity index (χ0n) is 17.2. The minimum atomic E-state index is -3.96. The molecule has 1 N–H and O–H groups in total. The highest BCUT2D eigenvalue weighted by Crippen LogP contribution is 2.27. The Kier molecular flexibility index (Phi) is 6.29. The number of amides is 1. The molecule has 0 aliphatic carbocycles. The van der Waals surface area contributed by atoms with Crippen LogP contribution in [0.2, 0.25) is 0 Å². The summed E-state index contributed by atoms with van der Waals surface area (Å²) in [7, 11) is -3.96. The molecular formula is C23H20N4O3S2. The Labute approximate surface area is 190 Å². The van der Waals surface area contributed by atoms with Gasteiger partial charge in [-0.1, -0.05) is 77.6 Å². The molecular weight excluding hydrogens is 444 g/mol. The van der Waals surface area contributed by atoms with Crippen LogP contribution in [0.4, 0.5) is 10.8 Å². The number of anilines is 2. The minimum Gasteiger partial charge on any atom is -0.299 e. The van der Waals surface area contributed by atoms with Crippen molar-refractivity contribution >= 4 is 38.1 Å². The third-order valence-electron chi connectivity index (χ3n) is 4.63. The highest BCUT2D eigenvalue weighted by Gasteiger charge is 2.27. The molecule has 4 rings (SSSR count). The smallest absolute Gasteiger partial charge is 0.264 e. The van der Waals surface area contributed by atoms with Crippen molar-refractivity contribution in [1.29, 1.82) is 0 Å². The first-order valence-corrected chi connectivity index (χ1v) is 12.0. The molecule has 3 aromatic carbocycles. The second-order valence-electron chi connectivity index (χ2n) is 6.99. The van der Waals surface area contributed by atoms with Crippen molar-refractivity contribution in [2.24, 2.45) is 0 Å². The molecule has 162 valence electrons. The molecule has 0 aliphatic rings. The van der Waals surface area contributed by atoms with Gasteiger partial charge in [0.25, 0.3) is 10.0 Å². The summed E-state index contributed by atoms with van der Waals surface area (Å²) in [6, 6.07) is 24.5. The van der Waals surface area contributed by atoms with Crippen molar-refractivity contribution in [3.8, 4) is 10.6 Å². The first-order chi connectivity index (χ1) is 15.4. The maximum Gasteiger partial charge on any atom is 0.264 e. The summed E-state index contributed by atoms with van der Waals surface area (Å²) in [6.07, 6.45) is 0. The Morgan fingerprint density at radius 3 is 2.19 bits per heavy atom. The number of carbonyl (C=O) groups is 1. The number of sulfonamides is 1. The Bertz CT molecular complexity index is 1310. The van der Waals surface area contributed by atoms with Gasteiger partial charge in [-0.15, -0.1) is 10.2 Å². The Morgan fingerprint density at radius 1 is 0.906 bits per heavy atom. The summed E-state index contributed by atoms with van der Waals surface area (Å²) in [5.41, 5.74) is 2.22. The summed E-state index contributed by atoms with van der Waals surface area (Å²) in [6.45, 7) is 1.48. The van der Waals surface area contributed by atoms with E-state index in [1.807, 2.05) is 37.3 Å². The fourth-order valence-electron chi connectivity index (χ4n) is 3.01. The van der Waals surface area contributed by atoms with Crippen LogP contribution >= 0.6 is 11.3 Å². The second-order valence-corrected chi connectivity index (χ2v) is 9.83. The lowest BCUT2D eigenvalue weighted by Crippen LogP contribution is -2.38. The van der Waals surface area contributed by atoms with E-state index in [0.717, 1.165) is 15.4 Å². The number of aromatic nitrogens is 2. The van der Waals surface area contributed by atoms with Crippen LogP contribution in [-0.4, -0.2) is 31.1 Å². The zero-order chi connectivity index (χ0) is 22.6. The van der Waals surface area contributed by atoms with Gasteiger partial charge in [-0.2, -0.15) is 0 Å². The van der Waals surface area contributed by atoms with Crippen LogP contribution in [-0.2, 0) is 14.8 Å². The lowest BCUT2D eigenvalue weighted by molar-refractivity contribution is -0.114. The lowest BCUT2D eigenvalue weighted by atomic mass is 10.2. The van der Waals surface area contributed by atoms with Crippen LogP contribution in [0.15, 0.2) is 89.8 Å². The van der Waals surface area contributed by atoms with Gasteiger partial charge in [0.2, 0.25) is 11.0 Å². The number of aryl methyl sites for hydroxylation is 1. The van der Waals surface area contributed by atoms with Crippen molar-refractivity contribution in [3.63, 3.8) is 0 Å². The van der Waals surface area contributed by atoms with Gasteiger partial charge in [-0.25, -0.2) is 8.42 Å². The summed E-state index contributed by atoms with van der Waals surface area (Å²) in [5.74, 6) is -0.514. The molecule has 0 atom stereocenters. The molecule has 0 spiro atoms. The van der Waals surface area contributed by atoms with Gasteiger partial charge in [-0.05, 0) is 31.2 Å². The molecule has 0 bridgehead atoms. The molecule has 4 aromatic rings. The normalized spacial score (nSPS) is 11.2. The second kappa shape index (κ2) is 9.29. The van der Waals surface area contributed by atoms with E-state index in [1.54, 1.807) is 42.5 Å². The minimum absolute atomic E-state index is 0.113. The fraction of sp³-hybridized carbons (Fsp3) is 0.0870. The van der Waals surface area contributed by atoms with E-state index in [1.165, 1.54) is 23.5 Å². The Morgan fingerprint density at radius 2 is 1.53 bits per heavy atom. The third-order valence-corrected chi connectivity index (χ3v) is 7.31. The van der Waals surface area contributed by atoms with E-state index in [-0.39, 0.29) is 4.90 Å². The molecule has 7 nitrogen and oxygen atoms in total. The largest absolute Gasteiger partial charge is 0.299 e. The molecule has 1 amide bonds. The van der Waals surface area contributed by atoms with Gasteiger partial charge in [0.15, 0.2) is 0 Å². The summed E-state index contributed by atoms with van der Waals surface area (Å²) >= 11 is 1.22. The number of nitrogens with zero attached hydrogens (tertiary/aromatic N) is 3. The van der Waals surface area contributed by atoms with E-state index in [9.17, 15) is 13.2 Å². The maximum absolute atomic E-state index is 13.3. The van der Waals surface area contributed by atoms with Crippen LogP contribution in [0.1, 0.15) is 5.56 Å². The Hall–Kier alpha value is -3.56. The lowest BCUT2D eigenvalue weighted by Gasteiger charge is -2.23. The van der Waals surface area contributed by atoms with Crippen LogP contribution in [0.3, 0.4) is 0 Å². The Balaban J connectivity index is 1.57. The average molecular weight is 465 g/mol. The molecule has 32 heavy (non-hydrogen) atoms.